The zero-order valence-corrected chi connectivity index (χ0v) is 12.7. The predicted molar refractivity (Wildman–Crippen MR) is 80.3 cm³/mol. The molecular weight excluding hydrogens is 234 g/mol. The first-order valence-electron chi connectivity index (χ1n) is 8.08. The third-order valence-corrected chi connectivity index (χ3v) is 5.04. The van der Waals surface area contributed by atoms with E-state index in [-0.39, 0.29) is 5.54 Å². The van der Waals surface area contributed by atoms with Crippen LogP contribution in [0.3, 0.4) is 0 Å². The highest BCUT2D eigenvalue weighted by molar-refractivity contribution is 6.02. The van der Waals surface area contributed by atoms with Crippen molar-refractivity contribution in [1.29, 1.82) is 0 Å². The van der Waals surface area contributed by atoms with Crippen LogP contribution in [-0.2, 0) is 4.79 Å². The lowest BCUT2D eigenvalue weighted by molar-refractivity contribution is -0.127. The van der Waals surface area contributed by atoms with Gasteiger partial charge in [0.2, 0.25) is 0 Å². The normalized spacial score (nSPS) is 24.5. The number of rotatable bonds is 3. The molecule has 0 aromatic heterocycles. The Balaban J connectivity index is 2.21. The third-order valence-electron chi connectivity index (χ3n) is 5.04. The zero-order chi connectivity index (χ0) is 13.7. The van der Waals surface area contributed by atoms with Gasteiger partial charge in [-0.05, 0) is 58.2 Å². The molecule has 2 heteroatoms. The Labute approximate surface area is 118 Å². The van der Waals surface area contributed by atoms with Crippen molar-refractivity contribution in [2.75, 3.05) is 14.1 Å². The van der Waals surface area contributed by atoms with E-state index in [1.54, 1.807) is 0 Å². The number of carbonyl (C=O) groups is 1. The first-order valence-corrected chi connectivity index (χ1v) is 8.08. The molecule has 19 heavy (non-hydrogen) atoms. The highest BCUT2D eigenvalue weighted by atomic mass is 16.1. The second-order valence-corrected chi connectivity index (χ2v) is 6.50. The van der Waals surface area contributed by atoms with Crippen LogP contribution in [0.25, 0.3) is 0 Å². The minimum Gasteiger partial charge on any atom is -0.297 e. The number of Topliss-reactive ketones (excluding diaryl/α,β-unsaturated/α-hetero) is 1. The molecule has 0 spiro atoms. The number of allylic oxidation sites excluding steroid dienone is 1. The summed E-state index contributed by atoms with van der Waals surface area (Å²) in [7, 11) is 4.20. The summed E-state index contributed by atoms with van der Waals surface area (Å²) in [6.45, 7) is 0. The molecule has 0 bridgehead atoms. The quantitative estimate of drug-likeness (QED) is 0.714. The molecule has 0 heterocycles. The van der Waals surface area contributed by atoms with Gasteiger partial charge in [-0.3, -0.25) is 9.69 Å². The first kappa shape index (κ1) is 14.8. The largest absolute Gasteiger partial charge is 0.297 e. The van der Waals surface area contributed by atoms with Gasteiger partial charge >= 0.3 is 0 Å². The van der Waals surface area contributed by atoms with Crippen molar-refractivity contribution in [2.45, 2.75) is 76.2 Å². The monoisotopic (exact) mass is 263 g/mol. The molecule has 0 saturated heterocycles. The second-order valence-electron chi connectivity index (χ2n) is 6.50. The van der Waals surface area contributed by atoms with Crippen LogP contribution < -0.4 is 0 Å². The molecular formula is C17H29NO. The topological polar surface area (TPSA) is 20.3 Å². The maximum absolute atomic E-state index is 13.1. The van der Waals surface area contributed by atoms with Gasteiger partial charge in [-0.2, -0.15) is 0 Å². The molecule has 0 unspecified atom stereocenters. The summed E-state index contributed by atoms with van der Waals surface area (Å²) < 4.78 is 0. The predicted octanol–water partition coefficient (Wildman–Crippen LogP) is 4.10. The van der Waals surface area contributed by atoms with E-state index in [4.69, 9.17) is 0 Å². The van der Waals surface area contributed by atoms with Gasteiger partial charge in [0.15, 0.2) is 5.78 Å². The molecule has 0 aromatic carbocycles. The summed E-state index contributed by atoms with van der Waals surface area (Å²) in [4.78, 5) is 15.3. The Morgan fingerprint density at radius 2 is 1.63 bits per heavy atom. The van der Waals surface area contributed by atoms with E-state index in [2.05, 4.69) is 25.1 Å². The number of carbonyl (C=O) groups excluding carboxylic acids is 1. The highest BCUT2D eigenvalue weighted by Crippen LogP contribution is 2.35. The number of ketones is 1. The maximum atomic E-state index is 13.1. The summed E-state index contributed by atoms with van der Waals surface area (Å²) in [5.74, 6) is 0.446. The molecule has 0 radical (unpaired) electrons. The molecule has 2 rings (SSSR count). The van der Waals surface area contributed by atoms with Gasteiger partial charge in [-0.1, -0.05) is 38.2 Å². The fraction of sp³-hybridized carbons (Fsp3) is 0.824. The molecule has 0 amide bonds. The van der Waals surface area contributed by atoms with Gasteiger partial charge in [-0.15, -0.1) is 0 Å². The molecule has 0 aliphatic heterocycles. The van der Waals surface area contributed by atoms with Gasteiger partial charge in [-0.25, -0.2) is 0 Å². The van der Waals surface area contributed by atoms with Crippen LogP contribution >= 0.6 is 0 Å². The van der Waals surface area contributed by atoms with Crippen LogP contribution in [0.2, 0.25) is 0 Å². The lowest BCUT2D eigenvalue weighted by Gasteiger charge is -2.38. The van der Waals surface area contributed by atoms with Crippen molar-refractivity contribution >= 4 is 5.78 Å². The fourth-order valence-corrected chi connectivity index (χ4v) is 3.71. The van der Waals surface area contributed by atoms with Gasteiger partial charge < -0.3 is 0 Å². The minimum absolute atomic E-state index is 0.202. The zero-order valence-electron chi connectivity index (χ0n) is 12.7. The molecule has 0 N–H and O–H groups in total. The average molecular weight is 263 g/mol. The third kappa shape index (κ3) is 3.28. The van der Waals surface area contributed by atoms with E-state index in [0.717, 1.165) is 31.3 Å². The van der Waals surface area contributed by atoms with Crippen LogP contribution in [-0.4, -0.2) is 30.3 Å². The summed E-state index contributed by atoms with van der Waals surface area (Å²) in [6, 6.07) is 0. The number of nitrogens with zero attached hydrogens (tertiary/aromatic N) is 1. The lowest BCUT2D eigenvalue weighted by Crippen LogP contribution is -2.51. The number of hydrogen-bond acceptors (Lipinski definition) is 2. The second kappa shape index (κ2) is 6.69. The van der Waals surface area contributed by atoms with E-state index in [0.29, 0.717) is 5.78 Å². The Morgan fingerprint density at radius 3 is 2.26 bits per heavy atom. The van der Waals surface area contributed by atoms with Crippen LogP contribution in [0.1, 0.15) is 70.6 Å². The molecule has 2 nitrogen and oxygen atoms in total. The minimum atomic E-state index is -0.202. The molecule has 0 aromatic rings. The summed E-state index contributed by atoms with van der Waals surface area (Å²) >= 11 is 0. The van der Waals surface area contributed by atoms with Crippen LogP contribution in [0.5, 0.6) is 0 Å². The standard InChI is InChI=1S/C17H29NO/c1-18(2)17(13-9-5-6-10-14-17)16(19)15-11-7-3-4-8-12-15/h11H,3-10,12-14H2,1-2H3. The van der Waals surface area contributed by atoms with Crippen molar-refractivity contribution < 1.29 is 4.79 Å². The molecule has 2 aliphatic rings. The van der Waals surface area contributed by atoms with Gasteiger partial charge in [0.05, 0.1) is 5.54 Å². The SMILES string of the molecule is CN(C)C1(C(=O)C2=CCCCCC2)CCCCCC1. The van der Waals surface area contributed by atoms with E-state index >= 15 is 0 Å². The molecule has 0 atom stereocenters. The van der Waals surface area contributed by atoms with Crippen molar-refractivity contribution in [1.82, 2.24) is 4.90 Å². The molecule has 1 fully saturated rings. The summed E-state index contributed by atoms with van der Waals surface area (Å²) in [5.41, 5.74) is 0.931. The molecule has 2 aliphatic carbocycles. The summed E-state index contributed by atoms with van der Waals surface area (Å²) in [5, 5.41) is 0. The van der Waals surface area contributed by atoms with Gasteiger partial charge in [0, 0.05) is 0 Å². The van der Waals surface area contributed by atoms with Crippen molar-refractivity contribution in [2.24, 2.45) is 0 Å². The highest BCUT2D eigenvalue weighted by Gasteiger charge is 2.41. The average Bonchev–Trinajstić information content (AvgIpc) is 2.81. The Bertz CT molecular complexity index is 335. The number of hydrogen-bond donors (Lipinski definition) is 0. The van der Waals surface area contributed by atoms with Gasteiger partial charge in [0.1, 0.15) is 0 Å². The van der Waals surface area contributed by atoms with E-state index in [1.807, 2.05) is 0 Å². The smallest absolute Gasteiger partial charge is 0.178 e. The first-order chi connectivity index (χ1) is 9.17. The number of likely N-dealkylation sites (N-methyl/N-ethyl adjacent to an activating group) is 1. The molecule has 1 saturated carbocycles. The van der Waals surface area contributed by atoms with E-state index in [1.165, 1.54) is 44.9 Å². The molecule has 108 valence electrons. The van der Waals surface area contributed by atoms with Crippen molar-refractivity contribution in [3.63, 3.8) is 0 Å². The Kier molecular flexibility index (Phi) is 5.20. The maximum Gasteiger partial charge on any atom is 0.178 e. The Morgan fingerprint density at radius 1 is 1.00 bits per heavy atom. The summed E-state index contributed by atoms with van der Waals surface area (Å²) in [6.07, 6.45) is 15.2. The van der Waals surface area contributed by atoms with Crippen LogP contribution in [0, 0.1) is 0 Å². The Hall–Kier alpha value is -0.630. The lowest BCUT2D eigenvalue weighted by atomic mass is 9.80. The van der Waals surface area contributed by atoms with Crippen molar-refractivity contribution in [3.05, 3.63) is 11.6 Å². The fourth-order valence-electron chi connectivity index (χ4n) is 3.71. The van der Waals surface area contributed by atoms with Crippen LogP contribution in [0.4, 0.5) is 0 Å². The van der Waals surface area contributed by atoms with E-state index in [9.17, 15) is 4.79 Å². The van der Waals surface area contributed by atoms with E-state index < -0.39 is 0 Å². The van der Waals surface area contributed by atoms with Crippen molar-refractivity contribution in [3.8, 4) is 0 Å². The van der Waals surface area contributed by atoms with Gasteiger partial charge in [0.25, 0.3) is 0 Å². The van der Waals surface area contributed by atoms with Crippen LogP contribution in [0.15, 0.2) is 11.6 Å².